The Kier molecular flexibility index (Phi) is 5.16. The van der Waals surface area contributed by atoms with Crippen molar-refractivity contribution in [3.63, 3.8) is 0 Å². The molecule has 0 fully saturated rings. The smallest absolute Gasteiger partial charge is 0.0747 e. The van der Waals surface area contributed by atoms with Gasteiger partial charge in [0.15, 0.2) is 0 Å². The highest BCUT2D eigenvalue weighted by molar-refractivity contribution is 4.98. The van der Waals surface area contributed by atoms with E-state index in [0.717, 1.165) is 5.57 Å². The van der Waals surface area contributed by atoms with E-state index < -0.39 is 6.10 Å². The zero-order valence-corrected chi connectivity index (χ0v) is 7.54. The minimum Gasteiger partial charge on any atom is -0.393 e. The fraction of sp³-hybridized carbons (Fsp3) is 0.778. The highest BCUT2D eigenvalue weighted by Crippen LogP contribution is 2.04. The molecule has 0 radical (unpaired) electrons. The van der Waals surface area contributed by atoms with Gasteiger partial charge in [0.2, 0.25) is 0 Å². The van der Waals surface area contributed by atoms with E-state index in [0.29, 0.717) is 12.8 Å². The second kappa shape index (κ2) is 5.33. The van der Waals surface area contributed by atoms with Crippen molar-refractivity contribution in [3.05, 3.63) is 11.6 Å². The lowest BCUT2D eigenvalue weighted by atomic mass is 10.1. The average Bonchev–Trinajstić information content (AvgIpc) is 1.85. The molecule has 2 unspecified atom stereocenters. The topological polar surface area (TPSA) is 40.5 Å². The van der Waals surface area contributed by atoms with Gasteiger partial charge in [0.05, 0.1) is 12.2 Å². The van der Waals surface area contributed by atoms with Crippen LogP contribution in [0.25, 0.3) is 0 Å². The van der Waals surface area contributed by atoms with Gasteiger partial charge in [0, 0.05) is 6.42 Å². The molecule has 2 atom stereocenters. The first-order valence-electron chi connectivity index (χ1n) is 4.07. The van der Waals surface area contributed by atoms with Gasteiger partial charge in [-0.15, -0.1) is 0 Å². The summed E-state index contributed by atoms with van der Waals surface area (Å²) in [5.41, 5.74) is 1.08. The lowest BCUT2D eigenvalue weighted by Crippen LogP contribution is -2.14. The summed E-state index contributed by atoms with van der Waals surface area (Å²) in [6, 6.07) is 0. The predicted octanol–water partition coefficient (Wildman–Crippen LogP) is 1.47. The molecule has 0 aliphatic heterocycles. The summed E-state index contributed by atoms with van der Waals surface area (Å²) in [7, 11) is 0. The lowest BCUT2D eigenvalue weighted by molar-refractivity contribution is 0.101. The maximum atomic E-state index is 9.28. The van der Waals surface area contributed by atoms with Crippen molar-refractivity contribution in [3.8, 4) is 0 Å². The van der Waals surface area contributed by atoms with Crippen molar-refractivity contribution in [1.29, 1.82) is 0 Å². The van der Waals surface area contributed by atoms with Crippen LogP contribution in [0.3, 0.4) is 0 Å². The van der Waals surface area contributed by atoms with E-state index in [9.17, 15) is 5.11 Å². The van der Waals surface area contributed by atoms with E-state index in [4.69, 9.17) is 5.11 Å². The SMILES string of the molecule is CCC(O)CC(O)C=C(C)C. The summed E-state index contributed by atoms with van der Waals surface area (Å²) in [5.74, 6) is 0. The van der Waals surface area contributed by atoms with E-state index >= 15 is 0 Å². The maximum Gasteiger partial charge on any atom is 0.0747 e. The van der Waals surface area contributed by atoms with Crippen molar-refractivity contribution in [2.24, 2.45) is 0 Å². The molecule has 0 saturated heterocycles. The molecule has 0 amide bonds. The third-order valence-corrected chi connectivity index (χ3v) is 1.51. The monoisotopic (exact) mass is 158 g/mol. The third-order valence-electron chi connectivity index (χ3n) is 1.51. The Morgan fingerprint density at radius 3 is 2.27 bits per heavy atom. The fourth-order valence-corrected chi connectivity index (χ4v) is 0.898. The van der Waals surface area contributed by atoms with Crippen LogP contribution < -0.4 is 0 Å². The van der Waals surface area contributed by atoms with Crippen molar-refractivity contribution < 1.29 is 10.2 Å². The van der Waals surface area contributed by atoms with Gasteiger partial charge >= 0.3 is 0 Å². The molecule has 66 valence electrons. The first-order valence-corrected chi connectivity index (χ1v) is 4.07. The Labute approximate surface area is 68.6 Å². The van der Waals surface area contributed by atoms with E-state index in [-0.39, 0.29) is 6.10 Å². The number of aliphatic hydroxyl groups excluding tert-OH is 2. The van der Waals surface area contributed by atoms with Crippen molar-refractivity contribution in [2.75, 3.05) is 0 Å². The highest BCUT2D eigenvalue weighted by Gasteiger charge is 2.06. The summed E-state index contributed by atoms with van der Waals surface area (Å²) in [4.78, 5) is 0. The predicted molar refractivity (Wildman–Crippen MR) is 46.4 cm³/mol. The molecule has 0 aromatic rings. The molecule has 0 aromatic carbocycles. The van der Waals surface area contributed by atoms with Crippen LogP contribution in [0.5, 0.6) is 0 Å². The minimum atomic E-state index is -0.491. The zero-order valence-electron chi connectivity index (χ0n) is 7.54. The molecule has 2 heteroatoms. The number of aliphatic hydroxyl groups is 2. The number of allylic oxidation sites excluding steroid dienone is 1. The van der Waals surface area contributed by atoms with Gasteiger partial charge in [-0.3, -0.25) is 0 Å². The van der Waals surface area contributed by atoms with Gasteiger partial charge in [-0.1, -0.05) is 18.6 Å². The Balaban J connectivity index is 3.69. The Bertz CT molecular complexity index is 126. The van der Waals surface area contributed by atoms with E-state index in [1.807, 2.05) is 20.8 Å². The van der Waals surface area contributed by atoms with Gasteiger partial charge in [0.1, 0.15) is 0 Å². The normalized spacial score (nSPS) is 15.7. The quantitative estimate of drug-likeness (QED) is 0.608. The Morgan fingerprint density at radius 2 is 1.91 bits per heavy atom. The van der Waals surface area contributed by atoms with Crippen molar-refractivity contribution in [2.45, 2.75) is 45.8 Å². The first kappa shape index (κ1) is 10.7. The van der Waals surface area contributed by atoms with Crippen LogP contribution in [-0.4, -0.2) is 22.4 Å². The van der Waals surface area contributed by atoms with Crippen LogP contribution >= 0.6 is 0 Å². The molecule has 0 aliphatic carbocycles. The summed E-state index contributed by atoms with van der Waals surface area (Å²) < 4.78 is 0. The van der Waals surface area contributed by atoms with Gasteiger partial charge in [0.25, 0.3) is 0 Å². The Hall–Kier alpha value is -0.340. The van der Waals surface area contributed by atoms with Crippen LogP contribution in [0, 0.1) is 0 Å². The number of rotatable bonds is 4. The molecular weight excluding hydrogens is 140 g/mol. The number of hydrogen-bond acceptors (Lipinski definition) is 2. The van der Waals surface area contributed by atoms with E-state index in [1.165, 1.54) is 0 Å². The maximum absolute atomic E-state index is 9.28. The van der Waals surface area contributed by atoms with Crippen molar-refractivity contribution >= 4 is 0 Å². The summed E-state index contributed by atoms with van der Waals surface area (Å²) in [6.07, 6.45) is 2.05. The largest absolute Gasteiger partial charge is 0.393 e. The van der Waals surface area contributed by atoms with Crippen LogP contribution in [0.4, 0.5) is 0 Å². The summed E-state index contributed by atoms with van der Waals surface area (Å²) in [6.45, 7) is 5.77. The second-order valence-electron chi connectivity index (χ2n) is 3.11. The molecule has 0 rings (SSSR count). The molecule has 0 aliphatic rings. The van der Waals surface area contributed by atoms with Crippen LogP contribution in [0.2, 0.25) is 0 Å². The molecule has 0 heterocycles. The average molecular weight is 158 g/mol. The van der Waals surface area contributed by atoms with Gasteiger partial charge in [-0.05, 0) is 20.3 Å². The van der Waals surface area contributed by atoms with Crippen LogP contribution in [-0.2, 0) is 0 Å². The molecule has 0 saturated carbocycles. The first-order chi connectivity index (χ1) is 5.06. The fourth-order valence-electron chi connectivity index (χ4n) is 0.898. The zero-order chi connectivity index (χ0) is 8.85. The van der Waals surface area contributed by atoms with Crippen LogP contribution in [0.15, 0.2) is 11.6 Å². The van der Waals surface area contributed by atoms with Gasteiger partial charge in [-0.25, -0.2) is 0 Å². The standard InChI is InChI=1S/C9H18O2/c1-4-8(10)6-9(11)5-7(2)3/h5,8-11H,4,6H2,1-3H3. The molecule has 11 heavy (non-hydrogen) atoms. The third kappa shape index (κ3) is 6.07. The molecule has 2 nitrogen and oxygen atoms in total. The molecule has 0 aromatic heterocycles. The molecular formula is C9H18O2. The van der Waals surface area contributed by atoms with Crippen molar-refractivity contribution in [1.82, 2.24) is 0 Å². The summed E-state index contributed by atoms with van der Waals surface area (Å²) >= 11 is 0. The Morgan fingerprint density at radius 1 is 1.36 bits per heavy atom. The molecule has 0 bridgehead atoms. The second-order valence-corrected chi connectivity index (χ2v) is 3.11. The van der Waals surface area contributed by atoms with Crippen LogP contribution in [0.1, 0.15) is 33.6 Å². The number of hydrogen-bond donors (Lipinski definition) is 2. The highest BCUT2D eigenvalue weighted by atomic mass is 16.3. The van der Waals surface area contributed by atoms with Gasteiger partial charge < -0.3 is 10.2 Å². The van der Waals surface area contributed by atoms with E-state index in [1.54, 1.807) is 6.08 Å². The summed E-state index contributed by atoms with van der Waals surface area (Å²) in [5, 5.41) is 18.4. The lowest BCUT2D eigenvalue weighted by Gasteiger charge is -2.10. The minimum absolute atomic E-state index is 0.374. The molecule has 0 spiro atoms. The van der Waals surface area contributed by atoms with Gasteiger partial charge in [-0.2, -0.15) is 0 Å². The molecule has 2 N–H and O–H groups in total. The van der Waals surface area contributed by atoms with E-state index in [2.05, 4.69) is 0 Å².